The molecule has 0 fully saturated rings. The molecule has 0 aromatic heterocycles. The van der Waals surface area contributed by atoms with Crippen LogP contribution in [0, 0.1) is 19.7 Å². The van der Waals surface area contributed by atoms with Crippen LogP contribution in [0.5, 0.6) is 5.75 Å². The summed E-state index contributed by atoms with van der Waals surface area (Å²) in [4.78, 5) is 25.8. The van der Waals surface area contributed by atoms with Gasteiger partial charge in [0.2, 0.25) is 5.91 Å². The summed E-state index contributed by atoms with van der Waals surface area (Å²) in [6, 6.07) is 11.2. The SMILES string of the molecule is Cc1ccc(C(=O)NCC(=O)N(C)CCCOc2ccc(F)cc2)cc1C. The molecular formula is C21H25FN2O3. The summed E-state index contributed by atoms with van der Waals surface area (Å²) in [7, 11) is 1.68. The fraction of sp³-hybridized carbons (Fsp3) is 0.333. The molecular weight excluding hydrogens is 347 g/mol. The highest BCUT2D eigenvalue weighted by Gasteiger charge is 2.12. The number of carbonyl (C=O) groups excluding carboxylic acids is 2. The van der Waals surface area contributed by atoms with Crippen LogP contribution in [0.25, 0.3) is 0 Å². The lowest BCUT2D eigenvalue weighted by Gasteiger charge is -2.17. The summed E-state index contributed by atoms with van der Waals surface area (Å²) in [6.45, 7) is 4.78. The first-order chi connectivity index (χ1) is 12.9. The first kappa shape index (κ1) is 20.4. The Morgan fingerprint density at radius 3 is 2.44 bits per heavy atom. The molecule has 0 heterocycles. The Hall–Kier alpha value is -2.89. The van der Waals surface area contributed by atoms with Gasteiger partial charge in [-0.05, 0) is 67.8 Å². The zero-order valence-corrected chi connectivity index (χ0v) is 15.9. The third-order valence-electron chi connectivity index (χ3n) is 4.32. The molecule has 0 atom stereocenters. The normalized spacial score (nSPS) is 10.4. The topological polar surface area (TPSA) is 58.6 Å². The number of hydrogen-bond acceptors (Lipinski definition) is 3. The Balaban J connectivity index is 1.69. The number of rotatable bonds is 8. The van der Waals surface area contributed by atoms with Crippen LogP contribution in [0.1, 0.15) is 27.9 Å². The number of hydrogen-bond donors (Lipinski definition) is 1. The fourth-order valence-corrected chi connectivity index (χ4v) is 2.42. The molecule has 0 aliphatic heterocycles. The van der Waals surface area contributed by atoms with Crippen LogP contribution in [-0.2, 0) is 4.79 Å². The van der Waals surface area contributed by atoms with Crippen LogP contribution in [0.15, 0.2) is 42.5 Å². The van der Waals surface area contributed by atoms with Crippen molar-refractivity contribution < 1.29 is 18.7 Å². The average Bonchev–Trinajstić information content (AvgIpc) is 2.66. The maximum Gasteiger partial charge on any atom is 0.251 e. The molecule has 2 rings (SSSR count). The first-order valence-electron chi connectivity index (χ1n) is 8.84. The Morgan fingerprint density at radius 1 is 1.07 bits per heavy atom. The van der Waals surface area contributed by atoms with Crippen molar-refractivity contribution in [2.45, 2.75) is 20.3 Å². The second-order valence-electron chi connectivity index (χ2n) is 6.45. The van der Waals surface area contributed by atoms with Crippen LogP contribution < -0.4 is 10.1 Å². The molecule has 2 aromatic carbocycles. The number of halogens is 1. The summed E-state index contributed by atoms with van der Waals surface area (Å²) in [5, 5.41) is 2.65. The van der Waals surface area contributed by atoms with Crippen molar-refractivity contribution in [1.82, 2.24) is 10.2 Å². The van der Waals surface area contributed by atoms with Gasteiger partial charge in [0.25, 0.3) is 5.91 Å². The van der Waals surface area contributed by atoms with E-state index in [0.29, 0.717) is 30.9 Å². The molecule has 6 heteroatoms. The van der Waals surface area contributed by atoms with E-state index in [9.17, 15) is 14.0 Å². The molecule has 0 radical (unpaired) electrons. The van der Waals surface area contributed by atoms with Gasteiger partial charge in [0, 0.05) is 19.2 Å². The smallest absolute Gasteiger partial charge is 0.251 e. The van der Waals surface area contributed by atoms with Gasteiger partial charge in [-0.3, -0.25) is 9.59 Å². The quantitative estimate of drug-likeness (QED) is 0.725. The van der Waals surface area contributed by atoms with Crippen molar-refractivity contribution in [3.8, 4) is 5.75 Å². The lowest BCUT2D eigenvalue weighted by molar-refractivity contribution is -0.128. The van der Waals surface area contributed by atoms with Crippen LogP contribution >= 0.6 is 0 Å². The van der Waals surface area contributed by atoms with Gasteiger partial charge in [-0.1, -0.05) is 6.07 Å². The third kappa shape index (κ3) is 6.40. The van der Waals surface area contributed by atoms with E-state index in [1.165, 1.54) is 12.1 Å². The minimum absolute atomic E-state index is 0.0545. The highest BCUT2D eigenvalue weighted by Crippen LogP contribution is 2.11. The Kier molecular flexibility index (Phi) is 7.34. The van der Waals surface area contributed by atoms with Crippen molar-refractivity contribution in [3.63, 3.8) is 0 Å². The van der Waals surface area contributed by atoms with E-state index < -0.39 is 0 Å². The summed E-state index contributed by atoms with van der Waals surface area (Å²) < 4.78 is 18.3. The van der Waals surface area contributed by atoms with Crippen molar-refractivity contribution >= 4 is 11.8 Å². The lowest BCUT2D eigenvalue weighted by atomic mass is 10.1. The molecule has 0 spiro atoms. The maximum atomic E-state index is 12.8. The Morgan fingerprint density at radius 2 is 1.78 bits per heavy atom. The number of carbonyl (C=O) groups is 2. The largest absolute Gasteiger partial charge is 0.494 e. The summed E-state index contributed by atoms with van der Waals surface area (Å²) >= 11 is 0. The zero-order chi connectivity index (χ0) is 19.8. The first-order valence-corrected chi connectivity index (χ1v) is 8.84. The van der Waals surface area contributed by atoms with Crippen LogP contribution in [0.2, 0.25) is 0 Å². The van der Waals surface area contributed by atoms with Gasteiger partial charge >= 0.3 is 0 Å². The van der Waals surface area contributed by atoms with E-state index in [1.54, 1.807) is 30.1 Å². The molecule has 0 saturated heterocycles. The zero-order valence-electron chi connectivity index (χ0n) is 15.9. The molecule has 27 heavy (non-hydrogen) atoms. The van der Waals surface area contributed by atoms with Crippen LogP contribution in [0.4, 0.5) is 4.39 Å². The molecule has 144 valence electrons. The van der Waals surface area contributed by atoms with Gasteiger partial charge in [0.05, 0.1) is 13.2 Å². The van der Waals surface area contributed by atoms with Gasteiger partial charge in [-0.2, -0.15) is 0 Å². The van der Waals surface area contributed by atoms with Gasteiger partial charge in [0.1, 0.15) is 11.6 Å². The van der Waals surface area contributed by atoms with Crippen molar-refractivity contribution in [3.05, 3.63) is 65.0 Å². The molecule has 2 aromatic rings. The summed E-state index contributed by atoms with van der Waals surface area (Å²) in [5.74, 6) is -0.157. The van der Waals surface area contributed by atoms with Crippen LogP contribution in [-0.4, -0.2) is 43.5 Å². The maximum absolute atomic E-state index is 12.8. The van der Waals surface area contributed by atoms with Gasteiger partial charge in [-0.15, -0.1) is 0 Å². The van der Waals surface area contributed by atoms with E-state index >= 15 is 0 Å². The van der Waals surface area contributed by atoms with Gasteiger partial charge in [0.15, 0.2) is 0 Å². The summed E-state index contributed by atoms with van der Waals surface area (Å²) in [6.07, 6.45) is 0.630. The number of aryl methyl sites for hydroxylation is 2. The molecule has 2 amide bonds. The predicted octanol–water partition coefficient (Wildman–Crippen LogP) is 3.10. The molecule has 5 nitrogen and oxygen atoms in total. The molecule has 0 saturated carbocycles. The number of nitrogens with zero attached hydrogens (tertiary/aromatic N) is 1. The number of ether oxygens (including phenoxy) is 1. The molecule has 0 aliphatic rings. The summed E-state index contributed by atoms with van der Waals surface area (Å²) in [5.41, 5.74) is 2.69. The monoisotopic (exact) mass is 372 g/mol. The second kappa shape index (κ2) is 9.71. The third-order valence-corrected chi connectivity index (χ3v) is 4.32. The molecule has 0 bridgehead atoms. The van der Waals surface area contributed by atoms with Crippen molar-refractivity contribution in [1.29, 1.82) is 0 Å². The standard InChI is InChI=1S/C21H25FN2O3/c1-15-5-6-17(13-16(15)2)21(26)23-14-20(25)24(3)11-4-12-27-19-9-7-18(22)8-10-19/h5-10,13H,4,11-12,14H2,1-3H3,(H,23,26). The van der Waals surface area contributed by atoms with E-state index in [2.05, 4.69) is 5.32 Å². The Bertz CT molecular complexity index is 791. The molecule has 0 unspecified atom stereocenters. The van der Waals surface area contributed by atoms with E-state index in [0.717, 1.165) is 11.1 Å². The van der Waals surface area contributed by atoms with Gasteiger partial charge in [-0.25, -0.2) is 4.39 Å². The predicted molar refractivity (Wildman–Crippen MR) is 102 cm³/mol. The molecule has 1 N–H and O–H groups in total. The van der Waals surface area contributed by atoms with E-state index in [4.69, 9.17) is 4.74 Å². The van der Waals surface area contributed by atoms with Crippen LogP contribution in [0.3, 0.4) is 0 Å². The number of nitrogens with one attached hydrogen (secondary N) is 1. The average molecular weight is 372 g/mol. The minimum Gasteiger partial charge on any atom is -0.494 e. The molecule has 0 aliphatic carbocycles. The Labute approximate surface area is 159 Å². The number of likely N-dealkylation sites (N-methyl/N-ethyl adjacent to an activating group) is 1. The van der Waals surface area contributed by atoms with Crippen molar-refractivity contribution in [2.75, 3.05) is 26.7 Å². The second-order valence-corrected chi connectivity index (χ2v) is 6.45. The minimum atomic E-state index is -0.310. The highest BCUT2D eigenvalue weighted by molar-refractivity contribution is 5.96. The fourth-order valence-electron chi connectivity index (χ4n) is 2.42. The van der Waals surface area contributed by atoms with Gasteiger partial charge < -0.3 is 15.0 Å². The van der Waals surface area contributed by atoms with E-state index in [-0.39, 0.29) is 24.2 Å². The van der Waals surface area contributed by atoms with Crippen molar-refractivity contribution in [2.24, 2.45) is 0 Å². The lowest BCUT2D eigenvalue weighted by Crippen LogP contribution is -2.38. The number of amides is 2. The number of benzene rings is 2. The highest BCUT2D eigenvalue weighted by atomic mass is 19.1. The van der Waals surface area contributed by atoms with E-state index in [1.807, 2.05) is 26.0 Å².